The van der Waals surface area contributed by atoms with Gasteiger partial charge in [-0.05, 0) is 0 Å². The molecule has 1 aliphatic heterocycles. The summed E-state index contributed by atoms with van der Waals surface area (Å²) in [6.45, 7) is 0.519. The number of hydrogen-bond acceptors (Lipinski definition) is 6. The first-order chi connectivity index (χ1) is 7.89. The van der Waals surface area contributed by atoms with Crippen molar-refractivity contribution in [2.75, 3.05) is 6.61 Å². The van der Waals surface area contributed by atoms with Gasteiger partial charge >= 0.3 is 5.97 Å². The van der Waals surface area contributed by atoms with E-state index in [9.17, 15) is 13.2 Å². The van der Waals surface area contributed by atoms with Gasteiger partial charge in [0.15, 0.2) is 0 Å². The zero-order valence-electron chi connectivity index (χ0n) is 8.38. The number of hydrogen-bond donors (Lipinski definition) is 1. The average Bonchev–Trinajstić information content (AvgIpc) is 2.52. The molecule has 94 valence electrons. The highest BCUT2D eigenvalue weighted by molar-refractivity contribution is 7.89. The zero-order chi connectivity index (χ0) is 12.6. The molecule has 2 heterocycles. The minimum Gasteiger partial charge on any atom is -0.431 e. The Morgan fingerprint density at radius 2 is 2.29 bits per heavy atom. The summed E-state index contributed by atoms with van der Waals surface area (Å²) in [5.41, 5.74) is 0. The largest absolute Gasteiger partial charge is 0.431 e. The highest BCUT2D eigenvalue weighted by Gasteiger charge is 2.30. The second-order valence-corrected chi connectivity index (χ2v) is 6.07. The average molecular weight is 298 g/mol. The molecule has 0 radical (unpaired) electrons. The van der Waals surface area contributed by atoms with E-state index >= 15 is 0 Å². The molecule has 1 aromatic heterocycles. The molecule has 0 aliphatic carbocycles. The predicted octanol–water partition coefficient (Wildman–Crippen LogP) is 0.952. The Morgan fingerprint density at radius 3 is 2.76 bits per heavy atom. The maximum absolute atomic E-state index is 11.7. The van der Waals surface area contributed by atoms with Gasteiger partial charge in [-0.25, -0.2) is 18.4 Å². The molecule has 0 saturated carbocycles. The van der Waals surface area contributed by atoms with Crippen LogP contribution in [0.2, 0.25) is 5.02 Å². The number of primary sulfonamides is 1. The van der Waals surface area contributed by atoms with E-state index in [1.165, 1.54) is 5.38 Å². The van der Waals surface area contributed by atoms with Gasteiger partial charge in [0.2, 0.25) is 16.3 Å². The van der Waals surface area contributed by atoms with Gasteiger partial charge in [0.25, 0.3) is 0 Å². The molecule has 2 rings (SSSR count). The van der Waals surface area contributed by atoms with Crippen LogP contribution in [-0.2, 0) is 19.5 Å². The number of esters is 1. The summed E-state index contributed by atoms with van der Waals surface area (Å²) in [5.74, 6) is -0.796. The molecule has 0 bridgehead atoms. The lowest BCUT2D eigenvalue weighted by molar-refractivity contribution is -0.184. The third kappa shape index (κ3) is 2.61. The van der Waals surface area contributed by atoms with E-state index in [4.69, 9.17) is 26.2 Å². The van der Waals surface area contributed by atoms with Crippen LogP contribution in [0.4, 0.5) is 0 Å². The summed E-state index contributed by atoms with van der Waals surface area (Å²) in [6.07, 6.45) is -0.0213. The van der Waals surface area contributed by atoms with Gasteiger partial charge in [-0.1, -0.05) is 11.6 Å². The highest BCUT2D eigenvalue weighted by atomic mass is 35.5. The third-order valence-corrected chi connectivity index (χ3v) is 4.69. The van der Waals surface area contributed by atoms with Gasteiger partial charge < -0.3 is 9.47 Å². The lowest BCUT2D eigenvalue weighted by atomic mass is 10.3. The van der Waals surface area contributed by atoms with Crippen LogP contribution >= 0.6 is 22.9 Å². The molecular formula is C8H8ClNO5S2. The SMILES string of the molecule is NS(=O)(=O)c1c(Cl)csc1C(=O)OC1CCO1. The Morgan fingerprint density at radius 1 is 1.65 bits per heavy atom. The van der Waals surface area contributed by atoms with Crippen LogP contribution in [-0.4, -0.2) is 27.3 Å². The van der Waals surface area contributed by atoms with Gasteiger partial charge in [0, 0.05) is 11.8 Å². The molecule has 1 unspecified atom stereocenters. The summed E-state index contributed by atoms with van der Waals surface area (Å²) >= 11 is 6.54. The molecule has 1 fully saturated rings. The molecule has 1 atom stereocenters. The lowest BCUT2D eigenvalue weighted by Gasteiger charge is -2.25. The van der Waals surface area contributed by atoms with Crippen molar-refractivity contribution in [3.63, 3.8) is 0 Å². The Labute approximate surface area is 106 Å². The number of rotatable bonds is 3. The van der Waals surface area contributed by atoms with E-state index in [0.717, 1.165) is 11.3 Å². The highest BCUT2D eigenvalue weighted by Crippen LogP contribution is 2.31. The van der Waals surface area contributed by atoms with E-state index in [0.29, 0.717) is 13.0 Å². The molecule has 0 amide bonds. The molecule has 2 N–H and O–H groups in total. The fraction of sp³-hybridized carbons (Fsp3) is 0.375. The van der Waals surface area contributed by atoms with E-state index in [1.54, 1.807) is 0 Å². The minimum absolute atomic E-state index is 0.0843. The Balaban J connectivity index is 2.29. The first-order valence-corrected chi connectivity index (χ1v) is 7.32. The first-order valence-electron chi connectivity index (χ1n) is 4.52. The summed E-state index contributed by atoms with van der Waals surface area (Å²) in [6, 6.07) is 0. The third-order valence-electron chi connectivity index (χ3n) is 2.07. The van der Waals surface area contributed by atoms with E-state index in [-0.39, 0.29) is 9.90 Å². The van der Waals surface area contributed by atoms with Crippen molar-refractivity contribution < 1.29 is 22.7 Å². The summed E-state index contributed by atoms with van der Waals surface area (Å²) < 4.78 is 32.3. The predicted molar refractivity (Wildman–Crippen MR) is 60.5 cm³/mol. The van der Waals surface area contributed by atoms with Gasteiger partial charge in [0.1, 0.15) is 9.77 Å². The Hall–Kier alpha value is -0.670. The van der Waals surface area contributed by atoms with Crippen LogP contribution in [0.3, 0.4) is 0 Å². The topological polar surface area (TPSA) is 95.7 Å². The maximum atomic E-state index is 11.7. The minimum atomic E-state index is -4.05. The number of sulfonamides is 1. The van der Waals surface area contributed by atoms with E-state index < -0.39 is 27.2 Å². The van der Waals surface area contributed by atoms with Crippen molar-refractivity contribution in [3.05, 3.63) is 15.3 Å². The van der Waals surface area contributed by atoms with Crippen LogP contribution in [0.25, 0.3) is 0 Å². The molecule has 1 aromatic rings. The number of nitrogens with two attached hydrogens (primary N) is 1. The molecule has 17 heavy (non-hydrogen) atoms. The van der Waals surface area contributed by atoms with Crippen molar-refractivity contribution in [3.8, 4) is 0 Å². The Bertz CT molecular complexity index is 548. The fourth-order valence-electron chi connectivity index (χ4n) is 1.21. The quantitative estimate of drug-likeness (QED) is 0.838. The first kappa shape index (κ1) is 12.8. The lowest BCUT2D eigenvalue weighted by Crippen LogP contribution is -2.32. The summed E-state index contributed by atoms with van der Waals surface area (Å²) in [5, 5.41) is 6.21. The second kappa shape index (κ2) is 4.54. The zero-order valence-corrected chi connectivity index (χ0v) is 10.8. The molecule has 6 nitrogen and oxygen atoms in total. The number of halogens is 1. The van der Waals surface area contributed by atoms with Crippen molar-refractivity contribution in [2.45, 2.75) is 17.6 Å². The van der Waals surface area contributed by atoms with Crippen molar-refractivity contribution in [2.24, 2.45) is 5.14 Å². The van der Waals surface area contributed by atoms with Crippen molar-refractivity contribution in [1.29, 1.82) is 0 Å². The summed E-state index contributed by atoms with van der Waals surface area (Å²) in [7, 11) is -4.05. The van der Waals surface area contributed by atoms with E-state index in [2.05, 4.69) is 0 Å². The fourth-order valence-corrected chi connectivity index (χ4v) is 3.76. The molecule has 1 aliphatic rings. The summed E-state index contributed by atoms with van der Waals surface area (Å²) in [4.78, 5) is 11.1. The van der Waals surface area contributed by atoms with Crippen LogP contribution in [0.15, 0.2) is 10.3 Å². The van der Waals surface area contributed by atoms with Gasteiger partial charge in [0.05, 0.1) is 11.6 Å². The normalized spacial score (nSPS) is 19.8. The van der Waals surface area contributed by atoms with Gasteiger partial charge in [-0.15, -0.1) is 11.3 Å². The number of ether oxygens (including phenoxy) is 2. The molecule has 9 heteroatoms. The molecule has 0 aromatic carbocycles. The Kier molecular flexibility index (Phi) is 3.41. The van der Waals surface area contributed by atoms with Crippen LogP contribution in [0.1, 0.15) is 16.1 Å². The van der Waals surface area contributed by atoms with Crippen molar-refractivity contribution in [1.82, 2.24) is 0 Å². The number of carbonyl (C=O) groups excluding carboxylic acids is 1. The van der Waals surface area contributed by atoms with E-state index in [1.807, 2.05) is 0 Å². The van der Waals surface area contributed by atoms with Crippen LogP contribution in [0, 0.1) is 0 Å². The molecule has 1 saturated heterocycles. The van der Waals surface area contributed by atoms with Crippen LogP contribution in [0.5, 0.6) is 0 Å². The number of thiophene rings is 1. The van der Waals surface area contributed by atoms with Crippen molar-refractivity contribution >= 4 is 38.9 Å². The van der Waals surface area contributed by atoms with Gasteiger partial charge in [-0.3, -0.25) is 0 Å². The van der Waals surface area contributed by atoms with Gasteiger partial charge in [-0.2, -0.15) is 0 Å². The van der Waals surface area contributed by atoms with Crippen LogP contribution < -0.4 is 5.14 Å². The standard InChI is InChI=1S/C8H8ClNO5S2/c9-4-3-16-6(7(4)17(10,12)13)8(11)15-5-1-2-14-5/h3,5H,1-2H2,(H2,10,12,13). The second-order valence-electron chi connectivity index (χ2n) is 3.28. The smallest absolute Gasteiger partial charge is 0.352 e. The molecule has 0 spiro atoms. The molecular weight excluding hydrogens is 290 g/mol. The number of carbonyl (C=O) groups is 1. The maximum Gasteiger partial charge on any atom is 0.352 e. The monoisotopic (exact) mass is 297 g/mol.